The highest BCUT2D eigenvalue weighted by Gasteiger charge is 2.60. The van der Waals surface area contributed by atoms with Crippen molar-refractivity contribution in [2.75, 3.05) is 5.32 Å². The first kappa shape index (κ1) is 25.4. The molecule has 3 aliphatic carbocycles. The summed E-state index contributed by atoms with van der Waals surface area (Å²) >= 11 is 1.42. The Morgan fingerprint density at radius 2 is 2.16 bits per heavy atom. The van der Waals surface area contributed by atoms with Crippen molar-refractivity contribution in [1.82, 2.24) is 4.98 Å². The fourth-order valence-corrected chi connectivity index (χ4v) is 7.94. The summed E-state index contributed by atoms with van der Waals surface area (Å²) in [4.78, 5) is 42.1. The lowest BCUT2D eigenvalue weighted by Gasteiger charge is -2.49. The highest BCUT2D eigenvalue weighted by Crippen LogP contribution is 2.63. The molecule has 0 aliphatic heterocycles. The Labute approximate surface area is 218 Å². The molecule has 3 N–H and O–H groups in total. The summed E-state index contributed by atoms with van der Waals surface area (Å²) in [6.45, 7) is 3.91. The van der Waals surface area contributed by atoms with Gasteiger partial charge in [0, 0.05) is 34.5 Å². The van der Waals surface area contributed by atoms with Gasteiger partial charge in [-0.25, -0.2) is 4.98 Å². The molecule has 1 aromatic heterocycles. The molecule has 9 nitrogen and oxygen atoms in total. The van der Waals surface area contributed by atoms with Gasteiger partial charge >= 0.3 is 5.69 Å². The summed E-state index contributed by atoms with van der Waals surface area (Å²) < 4.78 is 0. The number of phenolic OH excluding ortho intramolecular Hbond substituents is 1. The third-order valence-corrected chi connectivity index (χ3v) is 9.64. The number of allylic oxidation sites excluding steroid dienone is 1. The SMILES string of the molecule is Cc1cnc(NC(=O)CCC[C@@H]2/C(=C\O)C(=O)[C@@]3(C)CCC4c5cc([N+](=O)[O-])c(O)cc5CCC4C23)s1. The van der Waals surface area contributed by atoms with Crippen LogP contribution >= 0.6 is 11.3 Å². The lowest BCUT2D eigenvalue weighted by molar-refractivity contribution is -0.386. The molecule has 37 heavy (non-hydrogen) atoms. The molecule has 0 bridgehead atoms. The fourth-order valence-electron chi connectivity index (χ4n) is 7.26. The first-order valence-electron chi connectivity index (χ1n) is 12.8. The van der Waals surface area contributed by atoms with Gasteiger partial charge in [-0.1, -0.05) is 6.92 Å². The number of aliphatic hydroxyl groups is 1. The number of nitrogens with zero attached hydrogens (tertiary/aromatic N) is 2. The minimum absolute atomic E-state index is 0.0198. The number of nitro benzene ring substituents is 1. The maximum atomic E-state index is 13.5. The van der Waals surface area contributed by atoms with Crippen LogP contribution in [0, 0.1) is 40.2 Å². The number of amides is 1. The summed E-state index contributed by atoms with van der Waals surface area (Å²) in [6, 6.07) is 3.04. The Bertz CT molecular complexity index is 1300. The molecule has 2 aromatic rings. The lowest BCUT2D eigenvalue weighted by atomic mass is 9.54. The van der Waals surface area contributed by atoms with E-state index in [-0.39, 0.29) is 53.2 Å². The summed E-state index contributed by atoms with van der Waals surface area (Å²) in [5.74, 6) is -0.500. The van der Waals surface area contributed by atoms with Crippen LogP contribution in [0.2, 0.25) is 0 Å². The number of benzene rings is 1. The van der Waals surface area contributed by atoms with E-state index >= 15 is 0 Å². The summed E-state index contributed by atoms with van der Waals surface area (Å²) in [5.41, 5.74) is 1.37. The summed E-state index contributed by atoms with van der Waals surface area (Å²) in [6.07, 6.45) is 6.94. The average molecular weight is 526 g/mol. The van der Waals surface area contributed by atoms with E-state index in [4.69, 9.17) is 0 Å². The Kier molecular flexibility index (Phi) is 6.55. The van der Waals surface area contributed by atoms with Crippen molar-refractivity contribution in [1.29, 1.82) is 0 Å². The highest BCUT2D eigenvalue weighted by atomic mass is 32.1. The second kappa shape index (κ2) is 9.55. The number of aliphatic hydroxyl groups excluding tert-OH is 1. The standard InChI is InChI=1S/C27H31N3O6S/c1-14-12-28-26(37-14)29-23(33)5-3-4-17-20(13-31)25(34)27(2)9-8-16-18(24(17)27)7-6-15-10-22(32)21(30(35)36)11-19(15)16/h10-13,16-18,24,31-32H,3-9H2,1-2H3,(H,28,29,33)/b20-13+/t16?,17-,18?,24?,27+/m1/s1. The largest absolute Gasteiger partial charge is 0.515 e. The van der Waals surface area contributed by atoms with E-state index in [0.29, 0.717) is 36.4 Å². The number of hydrogen-bond acceptors (Lipinski definition) is 8. The van der Waals surface area contributed by atoms with Gasteiger partial charge in [-0.05, 0) is 86.3 Å². The second-order valence-corrected chi connectivity index (χ2v) is 12.1. The zero-order valence-electron chi connectivity index (χ0n) is 20.9. The van der Waals surface area contributed by atoms with Crippen LogP contribution in [0.25, 0.3) is 0 Å². The van der Waals surface area contributed by atoms with Crippen molar-refractivity contribution in [3.63, 3.8) is 0 Å². The molecule has 5 atom stereocenters. The molecule has 2 saturated carbocycles. The van der Waals surface area contributed by atoms with Crippen LogP contribution < -0.4 is 5.32 Å². The van der Waals surface area contributed by atoms with Crippen molar-refractivity contribution in [2.24, 2.45) is 23.2 Å². The second-order valence-electron chi connectivity index (χ2n) is 10.8. The van der Waals surface area contributed by atoms with Crippen LogP contribution in [-0.2, 0) is 16.0 Å². The van der Waals surface area contributed by atoms with E-state index in [1.807, 2.05) is 13.8 Å². The number of ketones is 1. The van der Waals surface area contributed by atoms with Crippen LogP contribution in [0.15, 0.2) is 30.2 Å². The number of aryl methyl sites for hydroxylation is 2. The van der Waals surface area contributed by atoms with Gasteiger partial charge in [-0.3, -0.25) is 19.7 Å². The molecule has 0 radical (unpaired) electrons. The zero-order chi connectivity index (χ0) is 26.5. The van der Waals surface area contributed by atoms with Gasteiger partial charge in [0.05, 0.1) is 11.2 Å². The number of aromatic nitrogens is 1. The van der Waals surface area contributed by atoms with E-state index in [0.717, 1.165) is 35.1 Å². The van der Waals surface area contributed by atoms with Crippen molar-refractivity contribution in [2.45, 2.75) is 64.7 Å². The molecule has 5 rings (SSSR count). The third-order valence-electron chi connectivity index (χ3n) is 8.81. The van der Waals surface area contributed by atoms with Gasteiger partial charge in [0.1, 0.15) is 0 Å². The van der Waals surface area contributed by atoms with Crippen molar-refractivity contribution < 1.29 is 24.7 Å². The van der Waals surface area contributed by atoms with E-state index < -0.39 is 10.3 Å². The molecule has 0 saturated heterocycles. The first-order valence-corrected chi connectivity index (χ1v) is 13.6. The molecule has 3 unspecified atom stereocenters. The van der Waals surface area contributed by atoms with Crippen LogP contribution in [0.4, 0.5) is 10.8 Å². The summed E-state index contributed by atoms with van der Waals surface area (Å²) in [5, 5.41) is 35.1. The molecule has 1 heterocycles. The molecule has 196 valence electrons. The Balaban J connectivity index is 1.38. The average Bonchev–Trinajstić information content (AvgIpc) is 3.35. The quantitative estimate of drug-likeness (QED) is 0.193. The normalized spacial score (nSPS) is 29.5. The Morgan fingerprint density at radius 1 is 1.38 bits per heavy atom. The number of aromatic hydroxyl groups is 1. The molecule has 10 heteroatoms. The van der Waals surface area contributed by atoms with Crippen LogP contribution in [0.1, 0.15) is 67.4 Å². The smallest absolute Gasteiger partial charge is 0.310 e. The third kappa shape index (κ3) is 4.31. The fraction of sp³-hybridized carbons (Fsp3) is 0.519. The van der Waals surface area contributed by atoms with Crippen LogP contribution in [0.5, 0.6) is 5.75 Å². The van der Waals surface area contributed by atoms with Crippen LogP contribution in [0.3, 0.4) is 0 Å². The topological polar surface area (TPSA) is 143 Å². The van der Waals surface area contributed by atoms with E-state index in [1.165, 1.54) is 23.5 Å². The molecular formula is C27H31N3O6S. The first-order chi connectivity index (χ1) is 17.6. The highest BCUT2D eigenvalue weighted by molar-refractivity contribution is 7.15. The number of hydrogen-bond donors (Lipinski definition) is 3. The lowest BCUT2D eigenvalue weighted by Crippen LogP contribution is -2.44. The van der Waals surface area contributed by atoms with Gasteiger partial charge in [-0.2, -0.15) is 0 Å². The molecule has 3 aliphatic rings. The van der Waals surface area contributed by atoms with Gasteiger partial charge in [0.15, 0.2) is 16.7 Å². The monoisotopic (exact) mass is 525 g/mol. The predicted octanol–water partition coefficient (Wildman–Crippen LogP) is 5.58. The number of rotatable bonds is 6. The number of carbonyl (C=O) groups is 2. The zero-order valence-corrected chi connectivity index (χ0v) is 21.7. The minimum atomic E-state index is -0.610. The number of nitro groups is 1. The number of fused-ring (bicyclic) bond motifs is 5. The molecule has 0 spiro atoms. The number of nitrogens with one attached hydrogen (secondary N) is 1. The van der Waals surface area contributed by atoms with Gasteiger partial charge in [0.2, 0.25) is 5.91 Å². The number of anilines is 1. The molecule has 2 fully saturated rings. The van der Waals surface area contributed by atoms with E-state index in [9.17, 15) is 29.9 Å². The van der Waals surface area contributed by atoms with Crippen molar-refractivity contribution >= 4 is 33.8 Å². The van der Waals surface area contributed by atoms with E-state index in [1.54, 1.807) is 6.20 Å². The molecule has 1 amide bonds. The van der Waals surface area contributed by atoms with E-state index in [2.05, 4.69) is 10.3 Å². The van der Waals surface area contributed by atoms with Gasteiger partial charge in [-0.15, -0.1) is 11.3 Å². The van der Waals surface area contributed by atoms with Gasteiger partial charge < -0.3 is 15.5 Å². The van der Waals surface area contributed by atoms with Crippen molar-refractivity contribution in [3.05, 3.63) is 56.3 Å². The number of thiazole rings is 1. The Morgan fingerprint density at radius 3 is 2.84 bits per heavy atom. The van der Waals surface area contributed by atoms with Crippen molar-refractivity contribution in [3.8, 4) is 5.75 Å². The predicted molar refractivity (Wildman–Crippen MR) is 139 cm³/mol. The molecule has 1 aromatic carbocycles. The maximum Gasteiger partial charge on any atom is 0.310 e. The number of phenols is 1. The number of carbonyl (C=O) groups excluding carboxylic acids is 2. The molecular weight excluding hydrogens is 494 g/mol. The van der Waals surface area contributed by atoms with Gasteiger partial charge in [0.25, 0.3) is 0 Å². The number of Topliss-reactive ketones (excluding diaryl/α,β-unsaturated/α-hetero) is 1. The minimum Gasteiger partial charge on any atom is -0.515 e. The Hall–Kier alpha value is -3.27. The maximum absolute atomic E-state index is 13.5. The summed E-state index contributed by atoms with van der Waals surface area (Å²) in [7, 11) is 0. The van der Waals surface area contributed by atoms with Crippen LogP contribution in [-0.4, -0.2) is 31.8 Å².